The molecule has 1 fully saturated rings. The summed E-state index contributed by atoms with van der Waals surface area (Å²) in [5.74, 6) is 0.975. The maximum atomic E-state index is 10.3. The minimum absolute atomic E-state index is 0.487. The van der Waals surface area contributed by atoms with Crippen molar-refractivity contribution < 1.29 is 9.59 Å². The number of carbonyl (C=O) groups excluding carboxylic acids is 2. The van der Waals surface area contributed by atoms with Gasteiger partial charge in [0.1, 0.15) is 12.6 Å². The van der Waals surface area contributed by atoms with Crippen molar-refractivity contribution in [2.45, 2.75) is 38.5 Å². The first kappa shape index (κ1) is 9.43. The van der Waals surface area contributed by atoms with E-state index >= 15 is 0 Å². The molecule has 0 bridgehead atoms. The molecule has 0 N–H and O–H groups in total. The van der Waals surface area contributed by atoms with Crippen molar-refractivity contribution in [2.75, 3.05) is 0 Å². The number of hydrogen-bond donors (Lipinski definition) is 0. The minimum Gasteiger partial charge on any atom is -0.303 e. The Balaban J connectivity index is 2.41. The third kappa shape index (κ3) is 2.43. The summed E-state index contributed by atoms with van der Waals surface area (Å²) >= 11 is 0. The molecule has 0 spiro atoms. The highest BCUT2D eigenvalue weighted by Gasteiger charge is 2.23. The molecule has 0 aliphatic heterocycles. The van der Waals surface area contributed by atoms with Crippen molar-refractivity contribution in [1.29, 1.82) is 0 Å². The van der Waals surface area contributed by atoms with Crippen LogP contribution < -0.4 is 0 Å². The predicted molar refractivity (Wildman–Crippen MR) is 46.8 cm³/mol. The highest BCUT2D eigenvalue weighted by atomic mass is 16.1. The Kier molecular flexibility index (Phi) is 3.98. The second-order valence-corrected chi connectivity index (χ2v) is 3.61. The van der Waals surface area contributed by atoms with Crippen LogP contribution >= 0.6 is 0 Å². The van der Waals surface area contributed by atoms with E-state index in [4.69, 9.17) is 0 Å². The van der Waals surface area contributed by atoms with Gasteiger partial charge in [0.05, 0.1) is 0 Å². The van der Waals surface area contributed by atoms with Crippen molar-refractivity contribution in [3.05, 3.63) is 0 Å². The summed E-state index contributed by atoms with van der Waals surface area (Å²) in [5, 5.41) is 0. The van der Waals surface area contributed by atoms with Crippen LogP contribution in [0.4, 0.5) is 0 Å². The van der Waals surface area contributed by atoms with Crippen LogP contribution in [0.1, 0.15) is 38.5 Å². The van der Waals surface area contributed by atoms with Gasteiger partial charge >= 0.3 is 0 Å². The second kappa shape index (κ2) is 5.07. The smallest absolute Gasteiger partial charge is 0.120 e. The Morgan fingerprint density at radius 3 is 1.67 bits per heavy atom. The van der Waals surface area contributed by atoms with Gasteiger partial charge in [-0.2, -0.15) is 0 Å². The molecule has 2 heteroatoms. The highest BCUT2D eigenvalue weighted by Crippen LogP contribution is 2.33. The van der Waals surface area contributed by atoms with Gasteiger partial charge in [-0.25, -0.2) is 0 Å². The van der Waals surface area contributed by atoms with E-state index in [-0.39, 0.29) is 0 Å². The molecule has 1 aliphatic rings. The fourth-order valence-electron chi connectivity index (χ4n) is 2.15. The molecule has 0 aromatic heterocycles. The van der Waals surface area contributed by atoms with Gasteiger partial charge in [-0.3, -0.25) is 0 Å². The van der Waals surface area contributed by atoms with E-state index < -0.39 is 0 Å². The van der Waals surface area contributed by atoms with Crippen LogP contribution in [-0.2, 0) is 9.59 Å². The zero-order chi connectivity index (χ0) is 8.81. The maximum absolute atomic E-state index is 10.3. The third-order valence-electron chi connectivity index (χ3n) is 2.86. The van der Waals surface area contributed by atoms with Crippen LogP contribution in [0.3, 0.4) is 0 Å². The first-order chi connectivity index (χ1) is 5.88. The second-order valence-electron chi connectivity index (χ2n) is 3.61. The van der Waals surface area contributed by atoms with E-state index in [0.717, 1.165) is 25.4 Å². The molecule has 0 aromatic rings. The molecule has 0 saturated heterocycles. The van der Waals surface area contributed by atoms with Gasteiger partial charge in [-0.05, 0) is 24.7 Å². The SMILES string of the molecule is O=CCC1CCCCC1CC=O. The van der Waals surface area contributed by atoms with Crippen molar-refractivity contribution in [1.82, 2.24) is 0 Å². The number of hydrogen-bond acceptors (Lipinski definition) is 2. The normalized spacial score (nSPS) is 29.7. The van der Waals surface area contributed by atoms with Crippen LogP contribution in [0.5, 0.6) is 0 Å². The van der Waals surface area contributed by atoms with Crippen molar-refractivity contribution in [3.8, 4) is 0 Å². The van der Waals surface area contributed by atoms with Crippen molar-refractivity contribution >= 4 is 12.6 Å². The Bertz CT molecular complexity index is 136. The molecule has 2 nitrogen and oxygen atoms in total. The van der Waals surface area contributed by atoms with Crippen LogP contribution in [0, 0.1) is 11.8 Å². The van der Waals surface area contributed by atoms with Gasteiger partial charge in [-0.1, -0.05) is 12.8 Å². The van der Waals surface area contributed by atoms with Gasteiger partial charge < -0.3 is 9.59 Å². The molecule has 0 heterocycles. The number of rotatable bonds is 4. The lowest BCUT2D eigenvalue weighted by molar-refractivity contribution is -0.111. The lowest BCUT2D eigenvalue weighted by atomic mass is 9.76. The molecule has 68 valence electrons. The van der Waals surface area contributed by atoms with Gasteiger partial charge in [-0.15, -0.1) is 0 Å². The Labute approximate surface area is 73.3 Å². The van der Waals surface area contributed by atoms with Gasteiger partial charge in [0.25, 0.3) is 0 Å². The molecule has 0 radical (unpaired) electrons. The van der Waals surface area contributed by atoms with E-state index in [2.05, 4.69) is 0 Å². The molecule has 1 rings (SSSR count). The zero-order valence-electron chi connectivity index (χ0n) is 7.37. The molecule has 1 aliphatic carbocycles. The Hall–Kier alpha value is -0.660. The van der Waals surface area contributed by atoms with E-state index in [9.17, 15) is 9.59 Å². The van der Waals surface area contributed by atoms with Gasteiger partial charge in [0, 0.05) is 12.8 Å². The predicted octanol–water partition coefficient (Wildman–Crippen LogP) is 1.97. The topological polar surface area (TPSA) is 34.1 Å². The third-order valence-corrected chi connectivity index (χ3v) is 2.86. The molecule has 12 heavy (non-hydrogen) atoms. The van der Waals surface area contributed by atoms with Crippen molar-refractivity contribution in [3.63, 3.8) is 0 Å². The quantitative estimate of drug-likeness (QED) is 0.601. The molecule has 0 aromatic carbocycles. The zero-order valence-corrected chi connectivity index (χ0v) is 7.37. The largest absolute Gasteiger partial charge is 0.303 e. The molecule has 1 saturated carbocycles. The monoisotopic (exact) mass is 168 g/mol. The molecular formula is C10H16O2. The summed E-state index contributed by atoms with van der Waals surface area (Å²) < 4.78 is 0. The Morgan fingerprint density at radius 2 is 1.33 bits per heavy atom. The number of aldehydes is 2. The van der Waals surface area contributed by atoms with Crippen molar-refractivity contribution in [2.24, 2.45) is 11.8 Å². The molecule has 2 unspecified atom stereocenters. The first-order valence-corrected chi connectivity index (χ1v) is 4.75. The van der Waals surface area contributed by atoms with E-state index in [1.54, 1.807) is 0 Å². The Morgan fingerprint density at radius 1 is 0.917 bits per heavy atom. The lowest BCUT2D eigenvalue weighted by Crippen LogP contribution is -2.20. The summed E-state index contributed by atoms with van der Waals surface area (Å²) in [7, 11) is 0. The van der Waals surface area contributed by atoms with Gasteiger partial charge in [0.2, 0.25) is 0 Å². The fourth-order valence-corrected chi connectivity index (χ4v) is 2.15. The standard InChI is InChI=1S/C10H16O2/c11-7-5-9-3-1-2-4-10(9)6-8-12/h7-10H,1-6H2. The summed E-state index contributed by atoms with van der Waals surface area (Å²) in [5.41, 5.74) is 0. The fraction of sp³-hybridized carbons (Fsp3) is 0.800. The highest BCUT2D eigenvalue weighted by molar-refractivity contribution is 5.52. The molecule has 2 atom stereocenters. The van der Waals surface area contributed by atoms with Crippen LogP contribution in [0.2, 0.25) is 0 Å². The molecular weight excluding hydrogens is 152 g/mol. The average molecular weight is 168 g/mol. The van der Waals surface area contributed by atoms with Crippen LogP contribution in [0.15, 0.2) is 0 Å². The van der Waals surface area contributed by atoms with Gasteiger partial charge in [0.15, 0.2) is 0 Å². The van der Waals surface area contributed by atoms with Crippen LogP contribution in [0.25, 0.3) is 0 Å². The summed E-state index contributed by atoms with van der Waals surface area (Å²) in [6, 6.07) is 0. The summed E-state index contributed by atoms with van der Waals surface area (Å²) in [4.78, 5) is 20.7. The summed E-state index contributed by atoms with van der Waals surface area (Å²) in [6.07, 6.45) is 8.02. The van der Waals surface area contributed by atoms with Crippen LogP contribution in [-0.4, -0.2) is 12.6 Å². The summed E-state index contributed by atoms with van der Waals surface area (Å²) in [6.45, 7) is 0. The van der Waals surface area contributed by atoms with E-state index in [1.165, 1.54) is 12.8 Å². The van der Waals surface area contributed by atoms with E-state index in [0.29, 0.717) is 24.7 Å². The number of carbonyl (C=O) groups is 2. The first-order valence-electron chi connectivity index (χ1n) is 4.75. The molecule has 0 amide bonds. The van der Waals surface area contributed by atoms with E-state index in [1.807, 2.05) is 0 Å². The minimum atomic E-state index is 0.487. The lowest BCUT2D eigenvalue weighted by Gasteiger charge is -2.28. The maximum Gasteiger partial charge on any atom is 0.120 e. The average Bonchev–Trinajstić information content (AvgIpc) is 2.09.